The maximum absolute atomic E-state index is 4.10. The van der Waals surface area contributed by atoms with Crippen LogP contribution in [0.3, 0.4) is 0 Å². The monoisotopic (exact) mass is 241 g/mol. The first-order valence-electron chi connectivity index (χ1n) is 3.70. The molecule has 68 valence electrons. The minimum Gasteiger partial charge on any atom is -0.247 e. The third-order valence-electron chi connectivity index (χ3n) is 1.58. The van der Waals surface area contributed by atoms with Crippen molar-refractivity contribution >= 4 is 28.0 Å². The van der Waals surface area contributed by atoms with Crippen LogP contribution in [0.15, 0.2) is 28.0 Å². The molecule has 0 atom stereocenters. The van der Waals surface area contributed by atoms with E-state index >= 15 is 0 Å². The standard InChI is InChI=1S/C7H8BrN5/c1-12-10-5-13(11-12)6-2-3-7(8)9-4-6/h2-5,11H,1H3. The fourth-order valence-corrected chi connectivity index (χ4v) is 1.21. The van der Waals surface area contributed by atoms with Crippen LogP contribution in [0, 0.1) is 0 Å². The lowest BCUT2D eigenvalue weighted by Crippen LogP contribution is -2.38. The van der Waals surface area contributed by atoms with Crippen LogP contribution in [0.5, 0.6) is 0 Å². The van der Waals surface area contributed by atoms with Crippen molar-refractivity contribution in [2.45, 2.75) is 0 Å². The molecule has 0 saturated heterocycles. The van der Waals surface area contributed by atoms with Gasteiger partial charge in [-0.05, 0) is 28.1 Å². The van der Waals surface area contributed by atoms with E-state index in [0.717, 1.165) is 10.3 Å². The lowest BCUT2D eigenvalue weighted by atomic mass is 10.4. The van der Waals surface area contributed by atoms with Crippen LogP contribution in [0.4, 0.5) is 5.69 Å². The number of rotatable bonds is 1. The molecule has 13 heavy (non-hydrogen) atoms. The molecule has 1 aliphatic rings. The van der Waals surface area contributed by atoms with Gasteiger partial charge in [-0.2, -0.15) is 0 Å². The topological polar surface area (TPSA) is 43.8 Å². The number of nitrogens with one attached hydrogen (secondary N) is 1. The van der Waals surface area contributed by atoms with Gasteiger partial charge < -0.3 is 0 Å². The van der Waals surface area contributed by atoms with Gasteiger partial charge in [0, 0.05) is 7.05 Å². The molecule has 6 heteroatoms. The van der Waals surface area contributed by atoms with Gasteiger partial charge in [-0.25, -0.2) is 15.1 Å². The largest absolute Gasteiger partial charge is 0.247 e. The first-order chi connectivity index (χ1) is 6.25. The van der Waals surface area contributed by atoms with Gasteiger partial charge in [0.15, 0.2) is 0 Å². The SMILES string of the molecule is CN1N=CN(c2ccc(Br)nc2)N1. The van der Waals surface area contributed by atoms with Crippen molar-refractivity contribution in [1.29, 1.82) is 0 Å². The highest BCUT2D eigenvalue weighted by molar-refractivity contribution is 9.10. The molecule has 0 fully saturated rings. The van der Waals surface area contributed by atoms with E-state index in [2.05, 4.69) is 31.6 Å². The smallest absolute Gasteiger partial charge is 0.133 e. The first-order valence-corrected chi connectivity index (χ1v) is 4.50. The summed E-state index contributed by atoms with van der Waals surface area (Å²) in [6.07, 6.45) is 3.44. The van der Waals surface area contributed by atoms with Crippen LogP contribution in [0.25, 0.3) is 0 Å². The van der Waals surface area contributed by atoms with Crippen LogP contribution in [-0.2, 0) is 0 Å². The van der Waals surface area contributed by atoms with Crippen LogP contribution in [0.1, 0.15) is 0 Å². The molecule has 1 aromatic rings. The Morgan fingerprint density at radius 3 is 2.85 bits per heavy atom. The van der Waals surface area contributed by atoms with Crippen molar-refractivity contribution in [3.63, 3.8) is 0 Å². The van der Waals surface area contributed by atoms with Crippen LogP contribution in [-0.4, -0.2) is 23.5 Å². The molecule has 0 amide bonds. The summed E-state index contributed by atoms with van der Waals surface area (Å²) in [6, 6.07) is 3.82. The second-order valence-electron chi connectivity index (χ2n) is 2.56. The maximum Gasteiger partial charge on any atom is 0.133 e. The number of anilines is 1. The van der Waals surface area contributed by atoms with E-state index in [1.54, 1.807) is 22.7 Å². The molecule has 5 nitrogen and oxygen atoms in total. The summed E-state index contributed by atoms with van der Waals surface area (Å²) in [4.78, 5) is 4.10. The molecule has 0 bridgehead atoms. The van der Waals surface area contributed by atoms with E-state index < -0.39 is 0 Å². The highest BCUT2D eigenvalue weighted by atomic mass is 79.9. The third kappa shape index (κ3) is 1.78. The number of hydrogen-bond acceptors (Lipinski definition) is 5. The molecule has 1 N–H and O–H groups in total. The minimum absolute atomic E-state index is 0.820. The molecule has 0 spiro atoms. The first kappa shape index (κ1) is 8.46. The normalized spacial score (nSPS) is 15.5. The molecule has 0 saturated carbocycles. The lowest BCUT2D eigenvalue weighted by molar-refractivity contribution is 0.279. The Bertz CT molecular complexity index is 322. The number of hydrazine groups is 2. The zero-order valence-corrected chi connectivity index (χ0v) is 8.56. The number of aromatic nitrogens is 1. The Labute approximate surface area is 84.1 Å². The van der Waals surface area contributed by atoms with Crippen LogP contribution >= 0.6 is 15.9 Å². The Morgan fingerprint density at radius 2 is 2.31 bits per heavy atom. The predicted octanol–water partition coefficient (Wildman–Crippen LogP) is 0.959. The van der Waals surface area contributed by atoms with Gasteiger partial charge in [-0.15, -0.1) is 10.6 Å². The van der Waals surface area contributed by atoms with E-state index in [-0.39, 0.29) is 0 Å². The van der Waals surface area contributed by atoms with Crippen molar-refractivity contribution in [2.24, 2.45) is 5.10 Å². The zero-order valence-electron chi connectivity index (χ0n) is 6.98. The van der Waals surface area contributed by atoms with Crippen molar-refractivity contribution in [1.82, 2.24) is 15.6 Å². The fourth-order valence-electron chi connectivity index (χ4n) is 0.972. The third-order valence-corrected chi connectivity index (χ3v) is 2.05. The molecule has 0 aromatic carbocycles. The Hall–Kier alpha value is -1.14. The minimum atomic E-state index is 0.820. The average Bonchev–Trinajstić information content (AvgIpc) is 2.53. The summed E-state index contributed by atoms with van der Waals surface area (Å²) >= 11 is 3.27. The second kappa shape index (κ2) is 3.31. The fraction of sp³-hybridized carbons (Fsp3) is 0.143. The van der Waals surface area contributed by atoms with E-state index in [4.69, 9.17) is 0 Å². The summed E-state index contributed by atoms with van der Waals surface area (Å²) in [5.41, 5.74) is 3.92. The van der Waals surface area contributed by atoms with E-state index in [1.807, 2.05) is 19.2 Å². The van der Waals surface area contributed by atoms with E-state index in [9.17, 15) is 0 Å². The van der Waals surface area contributed by atoms with Gasteiger partial charge in [0.25, 0.3) is 0 Å². The van der Waals surface area contributed by atoms with Crippen molar-refractivity contribution in [2.75, 3.05) is 12.1 Å². The predicted molar refractivity (Wildman–Crippen MR) is 53.8 cm³/mol. The van der Waals surface area contributed by atoms with Crippen molar-refractivity contribution in [3.05, 3.63) is 22.9 Å². The Balaban J connectivity index is 2.18. The highest BCUT2D eigenvalue weighted by Gasteiger charge is 2.10. The number of hydrogen-bond donors (Lipinski definition) is 1. The molecule has 2 heterocycles. The second-order valence-corrected chi connectivity index (χ2v) is 3.38. The van der Waals surface area contributed by atoms with Gasteiger partial charge in [0.1, 0.15) is 10.9 Å². The Kier molecular flexibility index (Phi) is 2.15. The summed E-state index contributed by atoms with van der Waals surface area (Å²) < 4.78 is 0.820. The van der Waals surface area contributed by atoms with Crippen LogP contribution in [0.2, 0.25) is 0 Å². The average molecular weight is 242 g/mol. The van der Waals surface area contributed by atoms with Gasteiger partial charge in [-0.1, -0.05) is 0 Å². The van der Waals surface area contributed by atoms with E-state index in [1.165, 1.54) is 0 Å². The van der Waals surface area contributed by atoms with Gasteiger partial charge in [0.2, 0.25) is 0 Å². The van der Waals surface area contributed by atoms with Crippen molar-refractivity contribution < 1.29 is 0 Å². The quantitative estimate of drug-likeness (QED) is 0.745. The summed E-state index contributed by atoms with van der Waals surface area (Å²) in [5.74, 6) is 0. The molecule has 0 unspecified atom stereocenters. The lowest BCUT2D eigenvalue weighted by Gasteiger charge is -2.16. The van der Waals surface area contributed by atoms with Gasteiger partial charge in [0.05, 0.1) is 11.9 Å². The van der Waals surface area contributed by atoms with Gasteiger partial charge >= 0.3 is 0 Å². The summed E-state index contributed by atoms with van der Waals surface area (Å²) in [5, 5.41) is 7.39. The molecular formula is C7H8BrN5. The van der Waals surface area contributed by atoms with Crippen molar-refractivity contribution in [3.8, 4) is 0 Å². The highest BCUT2D eigenvalue weighted by Crippen LogP contribution is 2.14. The zero-order chi connectivity index (χ0) is 9.26. The molecular weight excluding hydrogens is 234 g/mol. The molecule has 1 aliphatic heterocycles. The number of hydrazone groups is 1. The maximum atomic E-state index is 4.10. The van der Waals surface area contributed by atoms with Gasteiger partial charge in [-0.3, -0.25) is 0 Å². The molecule has 2 rings (SSSR count). The molecule has 1 aromatic heterocycles. The van der Waals surface area contributed by atoms with Crippen LogP contribution < -0.4 is 10.5 Å². The number of nitrogens with zero attached hydrogens (tertiary/aromatic N) is 4. The summed E-state index contributed by atoms with van der Waals surface area (Å²) in [7, 11) is 1.82. The molecule has 0 radical (unpaired) electrons. The molecule has 0 aliphatic carbocycles. The summed E-state index contributed by atoms with van der Waals surface area (Å²) in [6.45, 7) is 0. The number of halogens is 1. The van der Waals surface area contributed by atoms with E-state index in [0.29, 0.717) is 0 Å². The number of pyridine rings is 1. The Morgan fingerprint density at radius 1 is 1.46 bits per heavy atom.